The molecule has 114 valence electrons. The van der Waals surface area contributed by atoms with Crippen LogP contribution in [0.1, 0.15) is 16.6 Å². The normalized spacial score (nSPS) is 11.6. The van der Waals surface area contributed by atoms with E-state index in [-0.39, 0.29) is 18.3 Å². The van der Waals surface area contributed by atoms with Gasteiger partial charge >= 0.3 is 0 Å². The van der Waals surface area contributed by atoms with Gasteiger partial charge in [-0.3, -0.25) is 4.79 Å². The molecule has 2 rings (SSSR count). The van der Waals surface area contributed by atoms with E-state index < -0.39 is 0 Å². The molecule has 1 atom stereocenters. The van der Waals surface area contributed by atoms with Crippen molar-refractivity contribution < 1.29 is 4.79 Å². The Hall–Kier alpha value is -0.880. The van der Waals surface area contributed by atoms with Gasteiger partial charge in [-0.2, -0.15) is 0 Å². The van der Waals surface area contributed by atoms with E-state index >= 15 is 0 Å². The maximum absolute atomic E-state index is 12.0. The van der Waals surface area contributed by atoms with E-state index in [0.29, 0.717) is 19.0 Å². The van der Waals surface area contributed by atoms with Crippen LogP contribution in [-0.2, 0) is 0 Å². The molecule has 3 N–H and O–H groups in total. The Morgan fingerprint density at radius 1 is 1.29 bits per heavy atom. The fourth-order valence-electron chi connectivity index (χ4n) is 1.67. The zero-order chi connectivity index (χ0) is 14.5. The number of benzene rings is 1. The molecular weight excluding hydrogens is 372 g/mol. The van der Waals surface area contributed by atoms with Crippen LogP contribution in [0.5, 0.6) is 0 Å². The molecule has 1 aromatic heterocycles. The zero-order valence-corrected chi connectivity index (χ0v) is 14.9. The Labute approximate surface area is 143 Å². The minimum atomic E-state index is -0.0290. The van der Waals surface area contributed by atoms with E-state index in [1.165, 1.54) is 11.3 Å². The molecule has 2 aromatic rings. The third-order valence-corrected chi connectivity index (χ3v) is 4.63. The quantitative estimate of drug-likeness (QED) is 0.814. The highest BCUT2D eigenvalue weighted by Crippen LogP contribution is 2.29. The van der Waals surface area contributed by atoms with Gasteiger partial charge in [0.15, 0.2) is 0 Å². The van der Waals surface area contributed by atoms with Gasteiger partial charge in [0.1, 0.15) is 0 Å². The van der Waals surface area contributed by atoms with Crippen molar-refractivity contribution in [3.05, 3.63) is 45.7 Å². The average molecular weight is 390 g/mol. The van der Waals surface area contributed by atoms with E-state index in [1.807, 2.05) is 43.3 Å². The molecule has 0 aliphatic rings. The summed E-state index contributed by atoms with van der Waals surface area (Å²) < 4.78 is 1.05. The second-order valence-electron chi connectivity index (χ2n) is 4.72. The number of nitrogens with two attached hydrogens (primary N) is 1. The number of thiophene rings is 1. The lowest BCUT2D eigenvalue weighted by atomic mass is 10.2. The molecule has 1 heterocycles. The minimum absolute atomic E-state index is 0. The lowest BCUT2D eigenvalue weighted by Gasteiger charge is -2.08. The number of rotatable bonds is 5. The van der Waals surface area contributed by atoms with Crippen molar-refractivity contribution in [2.45, 2.75) is 6.92 Å². The molecule has 1 amide bonds. The number of nitrogens with one attached hydrogen (secondary N) is 1. The largest absolute Gasteiger partial charge is 0.351 e. The van der Waals surface area contributed by atoms with E-state index in [0.717, 1.165) is 19.8 Å². The highest BCUT2D eigenvalue weighted by Gasteiger charge is 2.11. The second-order valence-corrected chi connectivity index (χ2v) is 6.72. The van der Waals surface area contributed by atoms with Gasteiger partial charge in [-0.05, 0) is 42.3 Å². The maximum Gasteiger partial charge on any atom is 0.261 e. The van der Waals surface area contributed by atoms with Gasteiger partial charge in [-0.15, -0.1) is 23.7 Å². The summed E-state index contributed by atoms with van der Waals surface area (Å²) in [5.74, 6) is 0.267. The Balaban J connectivity index is 0.00000220. The molecule has 1 unspecified atom stereocenters. The molecule has 0 aliphatic heterocycles. The number of halogens is 2. The van der Waals surface area contributed by atoms with Crippen LogP contribution in [0.3, 0.4) is 0 Å². The number of hydrogen-bond donors (Lipinski definition) is 2. The first-order valence-electron chi connectivity index (χ1n) is 6.44. The van der Waals surface area contributed by atoms with Gasteiger partial charge in [0, 0.05) is 15.9 Å². The number of carbonyl (C=O) groups is 1. The summed E-state index contributed by atoms with van der Waals surface area (Å²) in [5.41, 5.74) is 6.65. The highest BCUT2D eigenvalue weighted by molar-refractivity contribution is 9.10. The Morgan fingerprint density at radius 2 is 1.95 bits per heavy atom. The number of hydrogen-bond acceptors (Lipinski definition) is 3. The molecular formula is C15H18BrClN2OS. The van der Waals surface area contributed by atoms with Gasteiger partial charge in [-0.1, -0.05) is 35.0 Å². The third-order valence-electron chi connectivity index (χ3n) is 2.97. The second kappa shape index (κ2) is 8.54. The number of carbonyl (C=O) groups excluding carboxylic acids is 1. The van der Waals surface area contributed by atoms with Crippen LogP contribution in [0.2, 0.25) is 0 Å². The molecule has 0 saturated heterocycles. The van der Waals surface area contributed by atoms with Crippen LogP contribution >= 0.6 is 39.7 Å². The first kappa shape index (κ1) is 18.2. The van der Waals surface area contributed by atoms with Gasteiger partial charge in [0.05, 0.1) is 4.88 Å². The lowest BCUT2D eigenvalue weighted by Crippen LogP contribution is -2.30. The molecule has 3 nitrogen and oxygen atoms in total. The fraction of sp³-hybridized carbons (Fsp3) is 0.267. The fourth-order valence-corrected chi connectivity index (χ4v) is 2.86. The summed E-state index contributed by atoms with van der Waals surface area (Å²) in [5, 5.41) is 2.91. The van der Waals surface area contributed by atoms with Crippen molar-refractivity contribution in [3.63, 3.8) is 0 Å². The van der Waals surface area contributed by atoms with E-state index in [1.54, 1.807) is 0 Å². The Kier molecular flexibility index (Phi) is 7.39. The summed E-state index contributed by atoms with van der Waals surface area (Å²) >= 11 is 4.92. The molecule has 0 aliphatic carbocycles. The van der Waals surface area contributed by atoms with Crippen molar-refractivity contribution in [3.8, 4) is 10.4 Å². The minimum Gasteiger partial charge on any atom is -0.351 e. The van der Waals surface area contributed by atoms with Gasteiger partial charge in [0.2, 0.25) is 0 Å². The highest BCUT2D eigenvalue weighted by atomic mass is 79.9. The van der Waals surface area contributed by atoms with Crippen LogP contribution in [0, 0.1) is 5.92 Å². The van der Waals surface area contributed by atoms with Crippen molar-refractivity contribution in [1.82, 2.24) is 5.32 Å². The van der Waals surface area contributed by atoms with Crippen molar-refractivity contribution in [2.24, 2.45) is 11.7 Å². The molecule has 0 radical (unpaired) electrons. The molecule has 0 spiro atoms. The maximum atomic E-state index is 12.0. The molecule has 0 saturated carbocycles. The predicted octanol–water partition coefficient (Wildman–Crippen LogP) is 3.92. The average Bonchev–Trinajstić information content (AvgIpc) is 2.95. The monoisotopic (exact) mass is 388 g/mol. The molecule has 0 bridgehead atoms. The summed E-state index contributed by atoms with van der Waals surface area (Å²) in [6, 6.07) is 11.9. The molecule has 0 fully saturated rings. The SMILES string of the molecule is CC(CN)CNC(=O)c1ccc(-c2ccc(Br)cc2)s1.Cl. The topological polar surface area (TPSA) is 55.1 Å². The summed E-state index contributed by atoms with van der Waals surface area (Å²) in [6.45, 7) is 3.21. The van der Waals surface area contributed by atoms with Crippen LogP contribution < -0.4 is 11.1 Å². The summed E-state index contributed by atoms with van der Waals surface area (Å²) in [4.78, 5) is 13.8. The van der Waals surface area contributed by atoms with E-state index in [2.05, 4.69) is 21.2 Å². The van der Waals surface area contributed by atoms with Gasteiger partial charge in [-0.25, -0.2) is 0 Å². The van der Waals surface area contributed by atoms with Gasteiger partial charge in [0.25, 0.3) is 5.91 Å². The number of amides is 1. The van der Waals surface area contributed by atoms with Crippen molar-refractivity contribution >= 4 is 45.6 Å². The van der Waals surface area contributed by atoms with Crippen LogP contribution in [0.15, 0.2) is 40.9 Å². The molecule has 21 heavy (non-hydrogen) atoms. The van der Waals surface area contributed by atoms with Crippen molar-refractivity contribution in [2.75, 3.05) is 13.1 Å². The Morgan fingerprint density at radius 3 is 2.57 bits per heavy atom. The first-order chi connectivity index (χ1) is 9.60. The zero-order valence-electron chi connectivity index (χ0n) is 11.6. The Bertz CT molecular complexity index is 586. The standard InChI is InChI=1S/C15H17BrN2OS.ClH/c1-10(8-17)9-18-15(19)14-7-6-13(20-14)11-2-4-12(16)5-3-11;/h2-7,10H,8-9,17H2,1H3,(H,18,19);1H. The van der Waals surface area contributed by atoms with E-state index in [4.69, 9.17) is 5.73 Å². The third kappa shape index (κ3) is 5.11. The van der Waals surface area contributed by atoms with Crippen molar-refractivity contribution in [1.29, 1.82) is 0 Å². The predicted molar refractivity (Wildman–Crippen MR) is 95.3 cm³/mol. The van der Waals surface area contributed by atoms with Crippen LogP contribution in [-0.4, -0.2) is 19.0 Å². The lowest BCUT2D eigenvalue weighted by molar-refractivity contribution is 0.0952. The summed E-state index contributed by atoms with van der Waals surface area (Å²) in [7, 11) is 0. The van der Waals surface area contributed by atoms with Crippen LogP contribution in [0.25, 0.3) is 10.4 Å². The van der Waals surface area contributed by atoms with E-state index in [9.17, 15) is 4.79 Å². The van der Waals surface area contributed by atoms with Crippen LogP contribution in [0.4, 0.5) is 0 Å². The molecule has 1 aromatic carbocycles. The van der Waals surface area contributed by atoms with Gasteiger partial charge < -0.3 is 11.1 Å². The summed E-state index contributed by atoms with van der Waals surface area (Å²) in [6.07, 6.45) is 0. The molecule has 6 heteroatoms. The first-order valence-corrected chi connectivity index (χ1v) is 8.05. The smallest absolute Gasteiger partial charge is 0.261 e.